The first-order valence-corrected chi connectivity index (χ1v) is 7.02. The maximum atomic E-state index is 12.4. The third kappa shape index (κ3) is 2.55. The number of amides is 1. The zero-order valence-corrected chi connectivity index (χ0v) is 11.6. The summed E-state index contributed by atoms with van der Waals surface area (Å²) in [7, 11) is 0. The lowest BCUT2D eigenvalue weighted by Crippen LogP contribution is -2.53. The van der Waals surface area contributed by atoms with Crippen LogP contribution in [0.3, 0.4) is 0 Å². The highest BCUT2D eigenvalue weighted by Crippen LogP contribution is 2.25. The van der Waals surface area contributed by atoms with Crippen molar-refractivity contribution in [2.75, 3.05) is 19.6 Å². The number of benzene rings is 1. The van der Waals surface area contributed by atoms with Crippen LogP contribution in [-0.4, -0.2) is 41.9 Å². The van der Waals surface area contributed by atoms with Crippen molar-refractivity contribution in [3.8, 4) is 6.07 Å². The quantitative estimate of drug-likeness (QED) is 0.706. The molecule has 2 aliphatic rings. The van der Waals surface area contributed by atoms with Crippen molar-refractivity contribution in [1.82, 2.24) is 15.5 Å². The van der Waals surface area contributed by atoms with Gasteiger partial charge in [-0.2, -0.15) is 5.26 Å². The number of carbonyl (C=O) groups is 1. The van der Waals surface area contributed by atoms with Crippen LogP contribution in [-0.2, 0) is 0 Å². The molecule has 1 aromatic carbocycles. The predicted octanol–water partition coefficient (Wildman–Crippen LogP) is 0.661. The van der Waals surface area contributed by atoms with Crippen molar-refractivity contribution in [3.63, 3.8) is 0 Å². The molecule has 3 rings (SSSR count). The molecule has 108 valence electrons. The normalized spacial score (nSPS) is 19.8. The van der Waals surface area contributed by atoms with Crippen molar-refractivity contribution < 1.29 is 4.79 Å². The molecule has 0 unspecified atom stereocenters. The molecule has 1 spiro atoms. The summed E-state index contributed by atoms with van der Waals surface area (Å²) in [5, 5.41) is 22.6. The van der Waals surface area contributed by atoms with Crippen LogP contribution in [0, 0.1) is 16.7 Å². The van der Waals surface area contributed by atoms with E-state index in [1.165, 1.54) is 0 Å². The van der Waals surface area contributed by atoms with Crippen LogP contribution in [0.1, 0.15) is 28.8 Å². The van der Waals surface area contributed by atoms with Crippen LogP contribution in [0.15, 0.2) is 24.3 Å². The highest BCUT2D eigenvalue weighted by molar-refractivity contribution is 5.94. The van der Waals surface area contributed by atoms with Crippen LogP contribution in [0.4, 0.5) is 0 Å². The van der Waals surface area contributed by atoms with E-state index < -0.39 is 0 Å². The molecule has 2 fully saturated rings. The summed E-state index contributed by atoms with van der Waals surface area (Å²) in [6, 6.07) is 8.80. The number of nitriles is 1. The van der Waals surface area contributed by atoms with Gasteiger partial charge in [0.1, 0.15) is 0 Å². The molecule has 2 saturated heterocycles. The van der Waals surface area contributed by atoms with Crippen LogP contribution in [0.25, 0.3) is 0 Å². The summed E-state index contributed by atoms with van der Waals surface area (Å²) < 4.78 is 0. The number of likely N-dealkylation sites (tertiary alicyclic amines) is 1. The van der Waals surface area contributed by atoms with Crippen LogP contribution in [0.5, 0.6) is 0 Å². The number of piperidine rings is 1. The molecule has 0 radical (unpaired) electrons. The van der Waals surface area contributed by atoms with E-state index in [-0.39, 0.29) is 11.4 Å². The zero-order valence-electron chi connectivity index (χ0n) is 11.6. The fraction of sp³-hybridized carbons (Fsp3) is 0.400. The Balaban J connectivity index is 1.65. The van der Waals surface area contributed by atoms with Gasteiger partial charge in [-0.05, 0) is 37.1 Å². The number of nitrogens with one attached hydrogen (secondary N) is 3. The first kappa shape index (κ1) is 13.4. The van der Waals surface area contributed by atoms with Crippen LogP contribution < -0.4 is 10.6 Å². The van der Waals surface area contributed by atoms with Gasteiger partial charge in [0.15, 0.2) is 5.96 Å². The molecule has 0 aliphatic carbocycles. The standard InChI is InChI=1S/C15H17N5O/c16-9-11-1-3-12(4-2-11)13(21)20-7-5-15(6-8-20)10-18-14(17)19-15/h1-4H,5-8,10H2,(H3,17,18,19). The van der Waals surface area contributed by atoms with Crippen molar-refractivity contribution in [2.45, 2.75) is 18.4 Å². The van der Waals surface area contributed by atoms with Crippen molar-refractivity contribution in [3.05, 3.63) is 35.4 Å². The molecule has 0 bridgehead atoms. The molecule has 1 aromatic rings. The van der Waals surface area contributed by atoms with Gasteiger partial charge >= 0.3 is 0 Å². The minimum absolute atomic E-state index is 0.00960. The molecule has 0 atom stereocenters. The monoisotopic (exact) mass is 283 g/mol. The summed E-state index contributed by atoms with van der Waals surface area (Å²) >= 11 is 0. The van der Waals surface area contributed by atoms with E-state index in [0.717, 1.165) is 19.4 Å². The summed E-state index contributed by atoms with van der Waals surface area (Å²) in [6.07, 6.45) is 1.68. The maximum absolute atomic E-state index is 12.4. The summed E-state index contributed by atoms with van der Waals surface area (Å²) in [6.45, 7) is 2.12. The molecular weight excluding hydrogens is 266 g/mol. The minimum Gasteiger partial charge on any atom is -0.354 e. The molecule has 0 aromatic heterocycles. The minimum atomic E-state index is -0.0709. The van der Waals surface area contributed by atoms with E-state index in [9.17, 15) is 4.79 Å². The largest absolute Gasteiger partial charge is 0.354 e. The molecule has 2 aliphatic heterocycles. The predicted molar refractivity (Wildman–Crippen MR) is 77.9 cm³/mol. The second-order valence-electron chi connectivity index (χ2n) is 5.62. The molecular formula is C15H17N5O. The lowest BCUT2D eigenvalue weighted by molar-refractivity contribution is 0.0669. The van der Waals surface area contributed by atoms with Gasteiger partial charge < -0.3 is 15.5 Å². The number of hydrogen-bond acceptors (Lipinski definition) is 3. The molecule has 6 heteroatoms. The van der Waals surface area contributed by atoms with E-state index in [1.807, 2.05) is 11.0 Å². The average molecular weight is 283 g/mol. The molecule has 3 N–H and O–H groups in total. The molecule has 0 saturated carbocycles. The van der Waals surface area contributed by atoms with Gasteiger partial charge in [-0.3, -0.25) is 10.2 Å². The Bertz CT molecular complexity index is 608. The summed E-state index contributed by atoms with van der Waals surface area (Å²) in [5.74, 6) is 0.386. The smallest absolute Gasteiger partial charge is 0.253 e. The lowest BCUT2D eigenvalue weighted by Gasteiger charge is -2.38. The highest BCUT2D eigenvalue weighted by atomic mass is 16.2. The fourth-order valence-electron chi connectivity index (χ4n) is 2.92. The van der Waals surface area contributed by atoms with E-state index in [2.05, 4.69) is 10.6 Å². The Morgan fingerprint density at radius 2 is 1.95 bits per heavy atom. The molecule has 6 nitrogen and oxygen atoms in total. The number of carbonyl (C=O) groups excluding carboxylic acids is 1. The molecule has 21 heavy (non-hydrogen) atoms. The fourth-order valence-corrected chi connectivity index (χ4v) is 2.92. The SMILES string of the molecule is N#Cc1ccc(C(=O)N2CCC3(CC2)CNC(=N)N3)cc1. The second-order valence-corrected chi connectivity index (χ2v) is 5.62. The summed E-state index contributed by atoms with van der Waals surface area (Å²) in [5.41, 5.74) is 1.11. The van der Waals surface area contributed by atoms with E-state index in [1.54, 1.807) is 24.3 Å². The van der Waals surface area contributed by atoms with Gasteiger partial charge in [0.05, 0.1) is 17.2 Å². The zero-order chi connectivity index (χ0) is 14.9. The van der Waals surface area contributed by atoms with Gasteiger partial charge in [-0.1, -0.05) is 0 Å². The first-order chi connectivity index (χ1) is 10.1. The first-order valence-electron chi connectivity index (χ1n) is 7.02. The van der Waals surface area contributed by atoms with Gasteiger partial charge in [-0.15, -0.1) is 0 Å². The van der Waals surface area contributed by atoms with Crippen LogP contribution >= 0.6 is 0 Å². The Morgan fingerprint density at radius 3 is 2.48 bits per heavy atom. The van der Waals surface area contributed by atoms with Gasteiger partial charge in [0.25, 0.3) is 5.91 Å². The topological polar surface area (TPSA) is 92.0 Å². The number of rotatable bonds is 1. The second kappa shape index (κ2) is 5.09. The van der Waals surface area contributed by atoms with Crippen molar-refractivity contribution in [1.29, 1.82) is 10.7 Å². The maximum Gasteiger partial charge on any atom is 0.253 e. The molecule has 2 heterocycles. The molecule has 1 amide bonds. The van der Waals surface area contributed by atoms with Gasteiger partial charge in [-0.25, -0.2) is 0 Å². The lowest BCUT2D eigenvalue weighted by atomic mass is 9.88. The Kier molecular flexibility index (Phi) is 3.26. The average Bonchev–Trinajstić information content (AvgIpc) is 2.88. The summed E-state index contributed by atoms with van der Waals surface area (Å²) in [4.78, 5) is 14.3. The third-order valence-corrected chi connectivity index (χ3v) is 4.26. The highest BCUT2D eigenvalue weighted by Gasteiger charge is 2.40. The number of nitrogens with zero attached hydrogens (tertiary/aromatic N) is 2. The number of hydrogen-bond donors (Lipinski definition) is 3. The van der Waals surface area contributed by atoms with Gasteiger partial charge in [0, 0.05) is 25.2 Å². The van der Waals surface area contributed by atoms with E-state index >= 15 is 0 Å². The van der Waals surface area contributed by atoms with Crippen molar-refractivity contribution >= 4 is 11.9 Å². The third-order valence-electron chi connectivity index (χ3n) is 4.26. The van der Waals surface area contributed by atoms with Gasteiger partial charge in [0.2, 0.25) is 0 Å². The van der Waals surface area contributed by atoms with E-state index in [4.69, 9.17) is 10.7 Å². The Hall–Kier alpha value is -2.55. The van der Waals surface area contributed by atoms with Crippen molar-refractivity contribution in [2.24, 2.45) is 0 Å². The Labute approximate surface area is 123 Å². The van der Waals surface area contributed by atoms with Crippen LogP contribution in [0.2, 0.25) is 0 Å². The Morgan fingerprint density at radius 1 is 1.29 bits per heavy atom. The number of guanidine groups is 1. The van der Waals surface area contributed by atoms with E-state index in [0.29, 0.717) is 30.2 Å².